The van der Waals surface area contributed by atoms with Gasteiger partial charge in [0.05, 0.1) is 0 Å². The first-order chi connectivity index (χ1) is 8.31. The fourth-order valence-corrected chi connectivity index (χ4v) is 3.35. The Morgan fingerprint density at radius 1 is 1.18 bits per heavy atom. The molecule has 3 nitrogen and oxygen atoms in total. The van der Waals surface area contributed by atoms with Gasteiger partial charge in [-0.1, -0.05) is 6.42 Å². The maximum Gasteiger partial charge on any atom is 0.0235 e. The average Bonchev–Trinajstić information content (AvgIpc) is 2.86. The van der Waals surface area contributed by atoms with Crippen LogP contribution in [0.25, 0.3) is 0 Å². The number of nitrogens with two attached hydrogens (primary N) is 1. The molecule has 2 rings (SSSR count). The summed E-state index contributed by atoms with van der Waals surface area (Å²) in [6.45, 7) is 8.49. The van der Waals surface area contributed by atoms with Gasteiger partial charge in [-0.15, -0.1) is 0 Å². The third-order valence-electron chi connectivity index (χ3n) is 4.55. The smallest absolute Gasteiger partial charge is 0.0235 e. The van der Waals surface area contributed by atoms with Crippen LogP contribution in [0.15, 0.2) is 0 Å². The number of hydrogen-bond donors (Lipinski definition) is 1. The molecule has 100 valence electrons. The van der Waals surface area contributed by atoms with Crippen LogP contribution in [0.4, 0.5) is 0 Å². The van der Waals surface area contributed by atoms with E-state index >= 15 is 0 Å². The summed E-state index contributed by atoms with van der Waals surface area (Å²) < 4.78 is 0. The number of hydrogen-bond acceptors (Lipinski definition) is 3. The minimum absolute atomic E-state index is 0.730. The summed E-state index contributed by atoms with van der Waals surface area (Å²) in [6.07, 6.45) is 8.10. The van der Waals surface area contributed by atoms with E-state index in [9.17, 15) is 0 Å². The minimum Gasteiger partial charge on any atom is -0.330 e. The Morgan fingerprint density at radius 3 is 2.65 bits per heavy atom. The van der Waals surface area contributed by atoms with Crippen LogP contribution in [-0.2, 0) is 0 Å². The highest BCUT2D eigenvalue weighted by molar-refractivity contribution is 4.86. The average molecular weight is 239 g/mol. The van der Waals surface area contributed by atoms with Crippen LogP contribution in [0.3, 0.4) is 0 Å². The van der Waals surface area contributed by atoms with Crippen LogP contribution < -0.4 is 5.73 Å². The minimum atomic E-state index is 0.730. The Balaban J connectivity index is 1.74. The predicted octanol–water partition coefficient (Wildman–Crippen LogP) is 1.67. The van der Waals surface area contributed by atoms with Crippen molar-refractivity contribution in [2.45, 2.75) is 57.5 Å². The van der Waals surface area contributed by atoms with Gasteiger partial charge in [-0.2, -0.15) is 0 Å². The summed E-state index contributed by atoms with van der Waals surface area (Å²) >= 11 is 0. The van der Waals surface area contributed by atoms with E-state index in [-0.39, 0.29) is 0 Å². The second-order valence-electron chi connectivity index (χ2n) is 5.81. The fraction of sp³-hybridized carbons (Fsp3) is 1.00. The lowest BCUT2D eigenvalue weighted by atomic mass is 10.1. The summed E-state index contributed by atoms with van der Waals surface area (Å²) in [4.78, 5) is 5.41. The second-order valence-corrected chi connectivity index (χ2v) is 5.81. The van der Waals surface area contributed by atoms with E-state index in [1.165, 1.54) is 64.7 Å². The highest BCUT2D eigenvalue weighted by atomic mass is 15.3. The van der Waals surface area contributed by atoms with Crippen molar-refractivity contribution >= 4 is 0 Å². The van der Waals surface area contributed by atoms with E-state index < -0.39 is 0 Å². The molecule has 0 amide bonds. The van der Waals surface area contributed by atoms with Crippen molar-refractivity contribution in [1.82, 2.24) is 9.80 Å². The Hall–Kier alpha value is -0.120. The third-order valence-corrected chi connectivity index (χ3v) is 4.55. The standard InChI is InChI=1S/C14H29N3/c1-13(6-5-8-15)17-11-7-14(12-17)16-9-3-2-4-10-16/h13-14H,2-12,15H2,1H3. The lowest BCUT2D eigenvalue weighted by Gasteiger charge is -2.33. The highest BCUT2D eigenvalue weighted by Crippen LogP contribution is 2.22. The van der Waals surface area contributed by atoms with Gasteiger partial charge in [-0.05, 0) is 58.7 Å². The van der Waals surface area contributed by atoms with E-state index in [2.05, 4.69) is 16.7 Å². The largest absolute Gasteiger partial charge is 0.330 e. The van der Waals surface area contributed by atoms with Crippen LogP contribution >= 0.6 is 0 Å². The molecule has 0 spiro atoms. The van der Waals surface area contributed by atoms with Gasteiger partial charge in [-0.3, -0.25) is 9.80 Å². The molecular formula is C14H29N3. The van der Waals surface area contributed by atoms with E-state index in [1.807, 2.05) is 0 Å². The molecule has 0 aromatic heterocycles. The first-order valence-corrected chi connectivity index (χ1v) is 7.49. The lowest BCUT2D eigenvalue weighted by Crippen LogP contribution is -2.42. The van der Waals surface area contributed by atoms with E-state index in [0.29, 0.717) is 0 Å². The predicted molar refractivity (Wildman–Crippen MR) is 73.2 cm³/mol. The third kappa shape index (κ3) is 3.67. The maximum atomic E-state index is 5.59. The van der Waals surface area contributed by atoms with Gasteiger partial charge < -0.3 is 5.73 Å². The molecule has 2 fully saturated rings. The van der Waals surface area contributed by atoms with Crippen molar-refractivity contribution in [1.29, 1.82) is 0 Å². The van der Waals surface area contributed by atoms with Crippen molar-refractivity contribution in [3.8, 4) is 0 Å². The van der Waals surface area contributed by atoms with Gasteiger partial charge in [0.25, 0.3) is 0 Å². The zero-order chi connectivity index (χ0) is 12.1. The van der Waals surface area contributed by atoms with Crippen molar-refractivity contribution in [2.75, 3.05) is 32.7 Å². The molecule has 2 unspecified atom stereocenters. The van der Waals surface area contributed by atoms with Crippen molar-refractivity contribution in [3.05, 3.63) is 0 Å². The molecule has 0 bridgehead atoms. The monoisotopic (exact) mass is 239 g/mol. The fourth-order valence-electron chi connectivity index (χ4n) is 3.35. The van der Waals surface area contributed by atoms with E-state index in [0.717, 1.165) is 18.6 Å². The molecule has 0 radical (unpaired) electrons. The molecule has 2 N–H and O–H groups in total. The number of likely N-dealkylation sites (tertiary alicyclic amines) is 2. The van der Waals surface area contributed by atoms with Gasteiger partial charge in [0, 0.05) is 25.2 Å². The molecule has 3 heteroatoms. The molecule has 0 aromatic rings. The number of piperidine rings is 1. The van der Waals surface area contributed by atoms with Crippen molar-refractivity contribution < 1.29 is 0 Å². The zero-order valence-electron chi connectivity index (χ0n) is 11.4. The quantitative estimate of drug-likeness (QED) is 0.792. The van der Waals surface area contributed by atoms with Crippen LogP contribution in [-0.4, -0.2) is 54.6 Å². The summed E-state index contributed by atoms with van der Waals surface area (Å²) in [5.74, 6) is 0. The number of nitrogens with zero attached hydrogens (tertiary/aromatic N) is 2. The lowest BCUT2D eigenvalue weighted by molar-refractivity contribution is 0.152. The van der Waals surface area contributed by atoms with Crippen LogP contribution in [0.5, 0.6) is 0 Å². The summed E-state index contributed by atoms with van der Waals surface area (Å²) in [6, 6.07) is 1.57. The summed E-state index contributed by atoms with van der Waals surface area (Å²) in [7, 11) is 0. The van der Waals surface area contributed by atoms with Gasteiger partial charge in [0.2, 0.25) is 0 Å². The first-order valence-electron chi connectivity index (χ1n) is 7.49. The molecular weight excluding hydrogens is 210 g/mol. The summed E-state index contributed by atoms with van der Waals surface area (Å²) in [5, 5.41) is 0. The normalized spacial score (nSPS) is 29.6. The van der Waals surface area contributed by atoms with Crippen LogP contribution in [0.2, 0.25) is 0 Å². The Morgan fingerprint density at radius 2 is 1.94 bits per heavy atom. The van der Waals surface area contributed by atoms with Gasteiger partial charge in [0.15, 0.2) is 0 Å². The zero-order valence-corrected chi connectivity index (χ0v) is 11.4. The van der Waals surface area contributed by atoms with Gasteiger partial charge >= 0.3 is 0 Å². The Labute approximate surface area is 106 Å². The van der Waals surface area contributed by atoms with Crippen molar-refractivity contribution in [2.24, 2.45) is 5.73 Å². The van der Waals surface area contributed by atoms with E-state index in [4.69, 9.17) is 5.73 Å². The Bertz CT molecular complexity index is 214. The number of rotatable bonds is 5. The Kier molecular flexibility index (Phi) is 5.26. The SMILES string of the molecule is CC(CCCN)N1CCC(N2CCCCC2)C1. The maximum absolute atomic E-state index is 5.59. The second kappa shape index (κ2) is 6.72. The molecule has 2 atom stereocenters. The molecule has 2 heterocycles. The first kappa shape index (κ1) is 13.3. The molecule has 0 aromatic carbocycles. The van der Waals surface area contributed by atoms with Crippen molar-refractivity contribution in [3.63, 3.8) is 0 Å². The van der Waals surface area contributed by atoms with E-state index in [1.54, 1.807) is 0 Å². The molecule has 0 aliphatic carbocycles. The van der Waals surface area contributed by atoms with Gasteiger partial charge in [0.1, 0.15) is 0 Å². The highest BCUT2D eigenvalue weighted by Gasteiger charge is 2.30. The van der Waals surface area contributed by atoms with Crippen LogP contribution in [0, 0.1) is 0 Å². The van der Waals surface area contributed by atoms with Gasteiger partial charge in [-0.25, -0.2) is 0 Å². The molecule has 17 heavy (non-hydrogen) atoms. The molecule has 2 aliphatic rings. The molecule has 2 aliphatic heterocycles. The van der Waals surface area contributed by atoms with Crippen LogP contribution in [0.1, 0.15) is 45.4 Å². The summed E-state index contributed by atoms with van der Waals surface area (Å²) in [5.41, 5.74) is 5.59. The topological polar surface area (TPSA) is 32.5 Å². The molecule has 2 saturated heterocycles. The molecule has 0 saturated carbocycles.